The van der Waals surface area contributed by atoms with Crippen molar-refractivity contribution in [2.75, 3.05) is 0 Å². The Morgan fingerprint density at radius 2 is 2.08 bits per heavy atom. The van der Waals surface area contributed by atoms with Gasteiger partial charge in [-0.05, 0) is 31.2 Å². The number of para-hydroxylation sites is 2. The summed E-state index contributed by atoms with van der Waals surface area (Å²) >= 11 is 0. The average Bonchev–Trinajstić information content (AvgIpc) is 3.21. The van der Waals surface area contributed by atoms with Crippen molar-refractivity contribution in [3.63, 3.8) is 0 Å². The molecule has 3 heterocycles. The Labute approximate surface area is 139 Å². The lowest BCUT2D eigenvalue weighted by atomic mass is 10.3. The average molecular weight is 319 g/mol. The van der Waals surface area contributed by atoms with Gasteiger partial charge in [0.25, 0.3) is 0 Å². The number of hydrogen-bond donors (Lipinski definition) is 1. The van der Waals surface area contributed by atoms with Crippen LogP contribution in [0.15, 0.2) is 61.2 Å². The zero-order valence-corrected chi connectivity index (χ0v) is 13.3. The van der Waals surface area contributed by atoms with Crippen molar-refractivity contribution < 1.29 is 4.74 Å². The van der Waals surface area contributed by atoms with E-state index in [2.05, 4.69) is 19.9 Å². The Bertz CT molecular complexity index is 911. The van der Waals surface area contributed by atoms with Gasteiger partial charge in [-0.1, -0.05) is 12.1 Å². The zero-order chi connectivity index (χ0) is 16.4. The number of fused-ring (bicyclic) bond motifs is 1. The molecule has 1 atom stereocenters. The normalized spacial score (nSPS) is 12.4. The molecule has 0 saturated carbocycles. The molecular formula is C18H17N5O. The summed E-state index contributed by atoms with van der Waals surface area (Å²) in [6.45, 7) is 2.69. The highest BCUT2D eigenvalue weighted by Crippen LogP contribution is 2.20. The van der Waals surface area contributed by atoms with Gasteiger partial charge < -0.3 is 14.3 Å². The van der Waals surface area contributed by atoms with Crippen molar-refractivity contribution in [3.05, 3.63) is 61.2 Å². The first kappa shape index (κ1) is 14.4. The number of nitrogens with zero attached hydrogens (tertiary/aromatic N) is 4. The summed E-state index contributed by atoms with van der Waals surface area (Å²) in [7, 11) is 0. The second kappa shape index (κ2) is 6.16. The molecule has 0 amide bonds. The summed E-state index contributed by atoms with van der Waals surface area (Å²) < 4.78 is 7.94. The van der Waals surface area contributed by atoms with Crippen molar-refractivity contribution in [2.45, 2.75) is 19.6 Å². The number of hydrogen-bond acceptors (Lipinski definition) is 4. The van der Waals surface area contributed by atoms with Gasteiger partial charge in [0.05, 0.1) is 23.8 Å². The van der Waals surface area contributed by atoms with Crippen molar-refractivity contribution in [1.29, 1.82) is 0 Å². The molecule has 0 spiro atoms. The van der Waals surface area contributed by atoms with Gasteiger partial charge in [0.15, 0.2) is 11.6 Å². The van der Waals surface area contributed by atoms with Gasteiger partial charge in [0.2, 0.25) is 0 Å². The molecule has 0 bridgehead atoms. The number of benzene rings is 1. The van der Waals surface area contributed by atoms with E-state index in [4.69, 9.17) is 4.74 Å². The van der Waals surface area contributed by atoms with Crippen LogP contribution >= 0.6 is 0 Å². The number of aromatic amines is 1. The lowest BCUT2D eigenvalue weighted by Gasteiger charge is -2.16. The summed E-state index contributed by atoms with van der Waals surface area (Å²) in [5, 5.41) is 0. The molecule has 1 N–H and O–H groups in total. The second-order valence-corrected chi connectivity index (χ2v) is 5.62. The highest BCUT2D eigenvalue weighted by molar-refractivity contribution is 5.78. The third-order valence-corrected chi connectivity index (χ3v) is 3.74. The van der Waals surface area contributed by atoms with E-state index >= 15 is 0 Å². The number of rotatable bonds is 5. The minimum absolute atomic E-state index is 0.0217. The Kier molecular flexibility index (Phi) is 3.70. The first-order valence-corrected chi connectivity index (χ1v) is 7.82. The van der Waals surface area contributed by atoms with Crippen LogP contribution in [-0.4, -0.2) is 30.6 Å². The fourth-order valence-electron chi connectivity index (χ4n) is 2.70. The number of H-pyrrole nitrogens is 1. The predicted molar refractivity (Wildman–Crippen MR) is 91.6 cm³/mol. The van der Waals surface area contributed by atoms with Crippen LogP contribution in [0.3, 0.4) is 0 Å². The molecule has 24 heavy (non-hydrogen) atoms. The van der Waals surface area contributed by atoms with Crippen LogP contribution in [0.5, 0.6) is 5.75 Å². The second-order valence-electron chi connectivity index (χ2n) is 5.62. The summed E-state index contributed by atoms with van der Waals surface area (Å²) in [6.07, 6.45) is 7.13. The van der Waals surface area contributed by atoms with Crippen LogP contribution in [0.25, 0.3) is 22.7 Å². The summed E-state index contributed by atoms with van der Waals surface area (Å²) in [5.74, 6) is 2.32. The van der Waals surface area contributed by atoms with E-state index in [0.717, 1.165) is 28.4 Å². The Balaban J connectivity index is 1.56. The summed E-state index contributed by atoms with van der Waals surface area (Å²) in [4.78, 5) is 16.4. The fourth-order valence-corrected chi connectivity index (χ4v) is 2.70. The molecule has 0 aliphatic heterocycles. The van der Waals surface area contributed by atoms with E-state index in [1.54, 1.807) is 18.6 Å². The van der Waals surface area contributed by atoms with Gasteiger partial charge in [-0.25, -0.2) is 9.97 Å². The Morgan fingerprint density at radius 1 is 1.17 bits per heavy atom. The molecule has 0 saturated heterocycles. The van der Waals surface area contributed by atoms with Crippen LogP contribution in [0.4, 0.5) is 0 Å². The first-order chi connectivity index (χ1) is 11.8. The lowest BCUT2D eigenvalue weighted by molar-refractivity contribution is 0.199. The summed E-state index contributed by atoms with van der Waals surface area (Å²) in [6, 6.07) is 11.7. The Morgan fingerprint density at radius 3 is 2.92 bits per heavy atom. The van der Waals surface area contributed by atoms with Gasteiger partial charge in [-0.2, -0.15) is 0 Å². The van der Waals surface area contributed by atoms with Gasteiger partial charge >= 0.3 is 0 Å². The van der Waals surface area contributed by atoms with Crippen molar-refractivity contribution in [2.24, 2.45) is 0 Å². The SMILES string of the molecule is C[C@@H](Cn1ccnc1-c1nc2ccccc2[nH]1)Oc1cccnc1. The van der Waals surface area contributed by atoms with E-state index < -0.39 is 0 Å². The van der Waals surface area contributed by atoms with Crippen LogP contribution in [0.1, 0.15) is 6.92 Å². The standard InChI is InChI=1S/C18H17N5O/c1-13(24-14-5-4-8-19-11-14)12-23-10-9-20-18(23)17-21-15-6-2-3-7-16(15)22-17/h2-11,13H,12H2,1H3,(H,21,22)/t13-/m0/s1. The van der Waals surface area contributed by atoms with Crippen molar-refractivity contribution >= 4 is 11.0 Å². The van der Waals surface area contributed by atoms with Crippen LogP contribution < -0.4 is 4.74 Å². The third-order valence-electron chi connectivity index (χ3n) is 3.74. The number of aromatic nitrogens is 5. The molecule has 6 heteroatoms. The quantitative estimate of drug-likeness (QED) is 0.613. The molecular weight excluding hydrogens is 302 g/mol. The predicted octanol–water partition coefficient (Wildman–Crippen LogP) is 3.29. The highest BCUT2D eigenvalue weighted by Gasteiger charge is 2.13. The first-order valence-electron chi connectivity index (χ1n) is 7.82. The van der Waals surface area contributed by atoms with Gasteiger partial charge in [-0.3, -0.25) is 4.98 Å². The number of pyridine rings is 1. The maximum absolute atomic E-state index is 5.90. The third kappa shape index (κ3) is 2.86. The van der Waals surface area contributed by atoms with E-state index in [1.165, 1.54) is 0 Å². The molecule has 0 unspecified atom stereocenters. The van der Waals surface area contributed by atoms with E-state index in [0.29, 0.717) is 6.54 Å². The molecule has 3 aromatic heterocycles. The van der Waals surface area contributed by atoms with E-state index in [9.17, 15) is 0 Å². The van der Waals surface area contributed by atoms with Crippen molar-refractivity contribution in [1.82, 2.24) is 24.5 Å². The van der Waals surface area contributed by atoms with E-state index in [-0.39, 0.29) is 6.10 Å². The molecule has 0 aliphatic rings. The number of ether oxygens (including phenoxy) is 1. The molecule has 4 aromatic rings. The molecule has 0 fully saturated rings. The Hall–Kier alpha value is -3.15. The monoisotopic (exact) mass is 319 g/mol. The largest absolute Gasteiger partial charge is 0.487 e. The van der Waals surface area contributed by atoms with Gasteiger partial charge in [0.1, 0.15) is 11.9 Å². The minimum atomic E-state index is -0.0217. The minimum Gasteiger partial charge on any atom is -0.487 e. The smallest absolute Gasteiger partial charge is 0.176 e. The molecule has 0 aliphatic carbocycles. The highest BCUT2D eigenvalue weighted by atomic mass is 16.5. The van der Waals surface area contributed by atoms with Crippen LogP contribution in [0, 0.1) is 0 Å². The summed E-state index contributed by atoms with van der Waals surface area (Å²) in [5.41, 5.74) is 1.93. The lowest BCUT2D eigenvalue weighted by Crippen LogP contribution is -2.20. The maximum Gasteiger partial charge on any atom is 0.176 e. The molecule has 120 valence electrons. The number of imidazole rings is 2. The zero-order valence-electron chi connectivity index (χ0n) is 13.3. The van der Waals surface area contributed by atoms with Gasteiger partial charge in [0, 0.05) is 18.6 Å². The van der Waals surface area contributed by atoms with Crippen LogP contribution in [-0.2, 0) is 6.54 Å². The van der Waals surface area contributed by atoms with E-state index in [1.807, 2.05) is 54.1 Å². The molecule has 0 radical (unpaired) electrons. The van der Waals surface area contributed by atoms with Crippen molar-refractivity contribution in [3.8, 4) is 17.4 Å². The van der Waals surface area contributed by atoms with Gasteiger partial charge in [-0.15, -0.1) is 0 Å². The molecule has 6 nitrogen and oxygen atoms in total. The van der Waals surface area contributed by atoms with Crippen LogP contribution in [0.2, 0.25) is 0 Å². The fraction of sp³-hybridized carbons (Fsp3) is 0.167. The maximum atomic E-state index is 5.90. The molecule has 1 aromatic carbocycles. The molecule has 4 rings (SSSR count). The number of nitrogens with one attached hydrogen (secondary N) is 1. The topological polar surface area (TPSA) is 68.6 Å².